The number of carbonyl (C=O) groups is 2. The number of rotatable bonds is 4. The fourth-order valence-corrected chi connectivity index (χ4v) is 3.49. The molecule has 4 rings (SSSR count). The van der Waals surface area contributed by atoms with Crippen LogP contribution in [0, 0.1) is 0 Å². The van der Waals surface area contributed by atoms with Crippen molar-refractivity contribution in [3.63, 3.8) is 0 Å². The molecular weight excluding hydrogens is 370 g/mol. The molecule has 2 aliphatic heterocycles. The van der Waals surface area contributed by atoms with Crippen molar-refractivity contribution < 1.29 is 28.5 Å². The first-order valence-electron chi connectivity index (χ1n) is 8.85. The summed E-state index contributed by atoms with van der Waals surface area (Å²) in [5.41, 5.74) is 0.969. The summed E-state index contributed by atoms with van der Waals surface area (Å²) in [4.78, 5) is 35.5. The summed E-state index contributed by atoms with van der Waals surface area (Å²) < 4.78 is 24.8. The number of ether oxygens (including phenoxy) is 4. The van der Waals surface area contributed by atoms with E-state index in [0.717, 1.165) is 0 Å². The van der Waals surface area contributed by atoms with Crippen LogP contribution in [0.25, 0.3) is 11.2 Å². The molecule has 0 spiro atoms. The van der Waals surface area contributed by atoms with Crippen molar-refractivity contribution in [3.8, 4) is 0 Å². The van der Waals surface area contributed by atoms with Gasteiger partial charge in [0.15, 0.2) is 41.3 Å². The third-order valence-electron chi connectivity index (χ3n) is 4.46. The lowest BCUT2D eigenvalue weighted by atomic mass is 10.1. The van der Waals surface area contributed by atoms with Gasteiger partial charge in [0.2, 0.25) is 5.91 Å². The second-order valence-electron chi connectivity index (χ2n) is 7.19. The summed E-state index contributed by atoms with van der Waals surface area (Å²) in [5.74, 6) is -1.18. The number of hydrogen-bond acceptors (Lipinski definition) is 9. The summed E-state index contributed by atoms with van der Waals surface area (Å²) in [5, 5.41) is 2.62. The topological polar surface area (TPSA) is 127 Å². The highest BCUT2D eigenvalue weighted by Crippen LogP contribution is 2.39. The van der Waals surface area contributed by atoms with Crippen molar-refractivity contribution in [2.75, 3.05) is 5.32 Å². The summed E-state index contributed by atoms with van der Waals surface area (Å²) in [6.07, 6.45) is 0.587. The van der Waals surface area contributed by atoms with Crippen LogP contribution in [0.15, 0.2) is 12.7 Å². The van der Waals surface area contributed by atoms with Gasteiger partial charge in [0, 0.05) is 13.8 Å². The summed E-state index contributed by atoms with van der Waals surface area (Å²) >= 11 is 0. The van der Waals surface area contributed by atoms with Crippen LogP contribution in [0.5, 0.6) is 0 Å². The van der Waals surface area contributed by atoms with E-state index in [1.165, 1.54) is 20.2 Å². The van der Waals surface area contributed by atoms with Gasteiger partial charge in [0.25, 0.3) is 0 Å². The Morgan fingerprint density at radius 2 is 2.04 bits per heavy atom. The van der Waals surface area contributed by atoms with Gasteiger partial charge in [-0.2, -0.15) is 0 Å². The normalized spacial score (nSPS) is 28.3. The van der Waals surface area contributed by atoms with E-state index in [2.05, 4.69) is 20.3 Å². The Morgan fingerprint density at radius 3 is 2.75 bits per heavy atom. The summed E-state index contributed by atoms with van der Waals surface area (Å²) in [6, 6.07) is 0. The molecule has 0 saturated carbocycles. The van der Waals surface area contributed by atoms with Gasteiger partial charge in [0.1, 0.15) is 12.4 Å². The Hall–Kier alpha value is -2.63. The van der Waals surface area contributed by atoms with Crippen LogP contribution in [-0.2, 0) is 35.1 Å². The van der Waals surface area contributed by atoms with Crippen LogP contribution >= 0.6 is 0 Å². The van der Waals surface area contributed by atoms with Crippen LogP contribution in [0.4, 0.5) is 5.82 Å². The number of aromatic nitrogens is 4. The average molecular weight is 391 g/mol. The lowest BCUT2D eigenvalue weighted by Crippen LogP contribution is -2.39. The number of imidazole rings is 1. The fourth-order valence-electron chi connectivity index (χ4n) is 3.49. The van der Waals surface area contributed by atoms with Gasteiger partial charge in [0.05, 0.1) is 12.9 Å². The molecule has 2 aromatic heterocycles. The second-order valence-corrected chi connectivity index (χ2v) is 7.19. The van der Waals surface area contributed by atoms with Gasteiger partial charge >= 0.3 is 5.97 Å². The monoisotopic (exact) mass is 391 g/mol. The minimum absolute atomic E-state index is 0.256. The Kier molecular flexibility index (Phi) is 4.52. The number of carbonyl (C=O) groups excluding carboxylic acids is 2. The second kappa shape index (κ2) is 6.76. The molecule has 2 aliphatic rings. The number of hydrogen-bond donors (Lipinski definition) is 1. The largest absolute Gasteiger partial charge is 0.457 e. The summed E-state index contributed by atoms with van der Waals surface area (Å²) in [7, 11) is 0. The first-order valence-corrected chi connectivity index (χ1v) is 8.85. The van der Waals surface area contributed by atoms with Gasteiger partial charge < -0.3 is 28.8 Å². The van der Waals surface area contributed by atoms with Gasteiger partial charge in [-0.05, 0) is 13.8 Å². The first kappa shape index (κ1) is 18.7. The molecule has 0 bridgehead atoms. The van der Waals surface area contributed by atoms with E-state index in [0.29, 0.717) is 23.5 Å². The van der Waals surface area contributed by atoms with Crippen LogP contribution in [0.1, 0.15) is 27.7 Å². The smallest absolute Gasteiger partial charge is 0.303 e. The molecule has 2 aromatic rings. The maximum absolute atomic E-state index is 11.6. The lowest BCUT2D eigenvalue weighted by Gasteiger charge is -2.25. The Balaban J connectivity index is 1.60. The number of esters is 1. The number of nitrogens with zero attached hydrogens (tertiary/aromatic N) is 4. The van der Waals surface area contributed by atoms with Crippen LogP contribution < -0.4 is 5.32 Å². The molecule has 0 unspecified atom stereocenters. The van der Waals surface area contributed by atoms with Crippen molar-refractivity contribution >= 4 is 28.9 Å². The van der Waals surface area contributed by atoms with Gasteiger partial charge in [-0.1, -0.05) is 0 Å². The van der Waals surface area contributed by atoms with Gasteiger partial charge in [-0.3, -0.25) is 9.59 Å². The standard InChI is InChI=1S/C17H21N5O6/c1-8(23)21-14-11-15(19-6-18-14)22(7-20-11)5-10-12(25-9(2)24)13-16(26-10)28-17(3,4)27-13/h6-7,10,12-13,16H,5H2,1-4H3,(H,18,19,21,23)/t10-,12-,13+,16+/m0/s1. The molecule has 11 nitrogen and oxygen atoms in total. The zero-order valence-corrected chi connectivity index (χ0v) is 15.9. The highest BCUT2D eigenvalue weighted by atomic mass is 16.8. The van der Waals surface area contributed by atoms with Crippen molar-refractivity contribution in [2.24, 2.45) is 0 Å². The number of anilines is 1. The maximum atomic E-state index is 11.6. The molecule has 1 amide bonds. The molecule has 2 fully saturated rings. The van der Waals surface area contributed by atoms with E-state index >= 15 is 0 Å². The minimum atomic E-state index is -0.819. The third kappa shape index (κ3) is 3.43. The van der Waals surface area contributed by atoms with Gasteiger partial charge in [-0.15, -0.1) is 0 Å². The molecule has 1 N–H and O–H groups in total. The van der Waals surface area contributed by atoms with Crippen LogP contribution in [-0.4, -0.2) is 61.8 Å². The van der Waals surface area contributed by atoms with Crippen LogP contribution in [0.3, 0.4) is 0 Å². The molecule has 0 radical (unpaired) electrons. The van der Waals surface area contributed by atoms with E-state index in [1.54, 1.807) is 24.7 Å². The molecule has 0 aliphatic carbocycles. The molecule has 11 heteroatoms. The molecule has 150 valence electrons. The summed E-state index contributed by atoms with van der Waals surface area (Å²) in [6.45, 7) is 6.58. The van der Waals surface area contributed by atoms with E-state index in [-0.39, 0.29) is 5.91 Å². The highest BCUT2D eigenvalue weighted by Gasteiger charge is 2.56. The van der Waals surface area contributed by atoms with E-state index in [4.69, 9.17) is 18.9 Å². The number of nitrogens with one attached hydrogen (secondary N) is 1. The Morgan fingerprint density at radius 1 is 1.25 bits per heavy atom. The predicted molar refractivity (Wildman–Crippen MR) is 93.9 cm³/mol. The molecule has 0 aromatic carbocycles. The lowest BCUT2D eigenvalue weighted by molar-refractivity contribution is -0.219. The maximum Gasteiger partial charge on any atom is 0.303 e. The van der Waals surface area contributed by atoms with E-state index in [9.17, 15) is 9.59 Å². The van der Waals surface area contributed by atoms with Crippen molar-refractivity contribution in [1.82, 2.24) is 19.5 Å². The minimum Gasteiger partial charge on any atom is -0.457 e. The third-order valence-corrected chi connectivity index (χ3v) is 4.46. The van der Waals surface area contributed by atoms with Crippen molar-refractivity contribution in [2.45, 2.75) is 64.6 Å². The molecule has 4 heterocycles. The van der Waals surface area contributed by atoms with E-state index in [1.807, 2.05) is 0 Å². The molecule has 4 atom stereocenters. The van der Waals surface area contributed by atoms with E-state index < -0.39 is 36.4 Å². The van der Waals surface area contributed by atoms with Crippen molar-refractivity contribution in [1.29, 1.82) is 0 Å². The number of fused-ring (bicyclic) bond motifs is 2. The zero-order valence-electron chi connectivity index (χ0n) is 15.9. The molecule has 2 saturated heterocycles. The average Bonchev–Trinajstić information content (AvgIpc) is 3.20. The molecular formula is C17H21N5O6. The zero-order chi connectivity index (χ0) is 20.1. The molecule has 28 heavy (non-hydrogen) atoms. The van der Waals surface area contributed by atoms with Crippen LogP contribution in [0.2, 0.25) is 0 Å². The first-order chi connectivity index (χ1) is 13.2. The quantitative estimate of drug-likeness (QED) is 0.745. The fraction of sp³-hybridized carbons (Fsp3) is 0.588. The highest BCUT2D eigenvalue weighted by molar-refractivity contribution is 5.95. The van der Waals surface area contributed by atoms with Crippen molar-refractivity contribution in [3.05, 3.63) is 12.7 Å². The Bertz CT molecular complexity index is 928. The predicted octanol–water partition coefficient (Wildman–Crippen LogP) is 0.593. The van der Waals surface area contributed by atoms with Gasteiger partial charge in [-0.25, -0.2) is 15.0 Å². The number of amides is 1. The Labute approximate surface area is 160 Å². The SMILES string of the molecule is CC(=O)Nc1ncnc2c1ncn2C[C@@H]1O[C@@H]2OC(C)(C)O[C@@H]2[C@H]1OC(C)=O.